The zero-order valence-electron chi connectivity index (χ0n) is 2.49. The molecule has 0 rings (SSSR count). The first kappa shape index (κ1) is 24.7. The standard InChI is InChI=1S/CH2O3.Co.Fe.Li.H/c2-1(3)4;;;;/h(H2,2,3,4);;;;. The summed E-state index contributed by atoms with van der Waals surface area (Å²) in [5.74, 6) is 0. The van der Waals surface area contributed by atoms with Crippen LogP contribution in [0.25, 0.3) is 0 Å². The maximum absolute atomic E-state index is 8.56. The third-order valence-corrected chi connectivity index (χ3v) is 0. The molecule has 0 aromatic heterocycles. The minimum atomic E-state index is -1.83. The summed E-state index contributed by atoms with van der Waals surface area (Å²) in [5, 5.41) is 13.9. The Hall–Kier alpha value is 0.893. The molecular formula is CH3CoFeLiO3. The van der Waals surface area contributed by atoms with Gasteiger partial charge in [0.2, 0.25) is 0 Å². The fourth-order valence-corrected chi connectivity index (χ4v) is 0. The predicted octanol–water partition coefficient (Wildman–Crippen LogP) is -0.431. The van der Waals surface area contributed by atoms with E-state index in [1.54, 1.807) is 0 Å². The Bertz CT molecular complexity index is 37.9. The van der Waals surface area contributed by atoms with E-state index < -0.39 is 6.16 Å². The Labute approximate surface area is 73.7 Å². The normalized spacial score (nSPS) is 3.43. The van der Waals surface area contributed by atoms with Crippen molar-refractivity contribution in [2.75, 3.05) is 0 Å². The molecule has 1 radical (unpaired) electrons. The van der Waals surface area contributed by atoms with E-state index in [1.165, 1.54) is 0 Å². The summed E-state index contributed by atoms with van der Waals surface area (Å²) < 4.78 is 0. The Kier molecular flexibility index (Phi) is 55.8. The van der Waals surface area contributed by atoms with Crippen LogP contribution in [-0.4, -0.2) is 35.2 Å². The second kappa shape index (κ2) is 15.8. The third kappa shape index (κ3) is 207. The van der Waals surface area contributed by atoms with Gasteiger partial charge in [0.1, 0.15) is 0 Å². The third-order valence-electron chi connectivity index (χ3n) is 0. The molecule has 2 N–H and O–H groups in total. The summed E-state index contributed by atoms with van der Waals surface area (Å²) in [6.07, 6.45) is -1.83. The van der Waals surface area contributed by atoms with Gasteiger partial charge in [0.25, 0.3) is 0 Å². The average molecular weight is 185 g/mol. The molecule has 0 amide bonds. The summed E-state index contributed by atoms with van der Waals surface area (Å²) >= 11 is 0. The molecule has 0 aliphatic heterocycles. The van der Waals surface area contributed by atoms with E-state index in [2.05, 4.69) is 0 Å². The van der Waals surface area contributed by atoms with E-state index in [-0.39, 0.29) is 52.7 Å². The molecule has 0 fully saturated rings. The molecule has 0 heterocycles. The van der Waals surface area contributed by atoms with Crippen molar-refractivity contribution in [2.45, 2.75) is 0 Å². The van der Waals surface area contributed by atoms with E-state index in [9.17, 15) is 0 Å². The van der Waals surface area contributed by atoms with Crippen LogP contribution in [0.2, 0.25) is 0 Å². The van der Waals surface area contributed by atoms with Gasteiger partial charge in [0.15, 0.2) is 0 Å². The van der Waals surface area contributed by atoms with Crippen molar-refractivity contribution in [3.8, 4) is 0 Å². The molecule has 0 atom stereocenters. The number of carbonyl (C=O) groups is 1. The molecule has 7 heavy (non-hydrogen) atoms. The first-order chi connectivity index (χ1) is 1.73. The summed E-state index contributed by atoms with van der Waals surface area (Å²) in [7, 11) is 0. The van der Waals surface area contributed by atoms with Crippen LogP contribution >= 0.6 is 0 Å². The Morgan fingerprint density at radius 3 is 1.29 bits per heavy atom. The van der Waals surface area contributed by atoms with Crippen LogP contribution in [0.4, 0.5) is 4.79 Å². The van der Waals surface area contributed by atoms with Crippen LogP contribution in [0.1, 0.15) is 0 Å². The van der Waals surface area contributed by atoms with Crippen LogP contribution < -0.4 is 0 Å². The van der Waals surface area contributed by atoms with E-state index in [1.807, 2.05) is 0 Å². The van der Waals surface area contributed by atoms with Crippen LogP contribution in [-0.2, 0) is 33.8 Å². The fourth-order valence-electron chi connectivity index (χ4n) is 0. The van der Waals surface area contributed by atoms with Crippen LogP contribution in [0.5, 0.6) is 0 Å². The van der Waals surface area contributed by atoms with Gasteiger partial charge in [-0.3, -0.25) is 0 Å². The van der Waals surface area contributed by atoms with Gasteiger partial charge in [-0.1, -0.05) is 0 Å². The van der Waals surface area contributed by atoms with Crippen LogP contribution in [0, 0.1) is 0 Å². The molecule has 0 aromatic carbocycles. The quantitative estimate of drug-likeness (QED) is 0.503. The molecule has 6 heteroatoms. The zero-order valence-corrected chi connectivity index (χ0v) is 4.63. The van der Waals surface area contributed by atoms with Crippen molar-refractivity contribution in [1.29, 1.82) is 0 Å². The van der Waals surface area contributed by atoms with Crippen molar-refractivity contribution in [3.63, 3.8) is 0 Å². The second-order valence-electron chi connectivity index (χ2n) is 0.283. The number of hydrogen-bond donors (Lipinski definition) is 2. The maximum atomic E-state index is 8.56. The summed E-state index contributed by atoms with van der Waals surface area (Å²) in [5.41, 5.74) is 0. The Morgan fingerprint density at radius 2 is 1.29 bits per heavy atom. The molecule has 0 saturated heterocycles. The van der Waals surface area contributed by atoms with Crippen molar-refractivity contribution >= 4 is 25.0 Å². The minimum absolute atomic E-state index is 0. The van der Waals surface area contributed by atoms with Crippen molar-refractivity contribution in [3.05, 3.63) is 0 Å². The zero-order chi connectivity index (χ0) is 3.58. The van der Waals surface area contributed by atoms with Crippen molar-refractivity contribution in [2.24, 2.45) is 0 Å². The summed E-state index contributed by atoms with van der Waals surface area (Å²) in [6, 6.07) is 0. The molecule has 0 aliphatic rings. The predicted molar refractivity (Wildman–Crippen MR) is 17.8 cm³/mol. The van der Waals surface area contributed by atoms with Gasteiger partial charge < -0.3 is 10.2 Å². The molecule has 0 unspecified atom stereocenters. The SMILES string of the molecule is O=C(O)O.[Co].[Fe].[LiH]. The van der Waals surface area contributed by atoms with Gasteiger partial charge in [-0.05, 0) is 0 Å². The number of hydrogen-bond acceptors (Lipinski definition) is 1. The van der Waals surface area contributed by atoms with E-state index in [0.29, 0.717) is 0 Å². The van der Waals surface area contributed by atoms with Gasteiger partial charge in [0, 0.05) is 33.8 Å². The monoisotopic (exact) mass is 185 g/mol. The van der Waals surface area contributed by atoms with Crippen molar-refractivity contribution in [1.82, 2.24) is 0 Å². The van der Waals surface area contributed by atoms with Gasteiger partial charge in [-0.15, -0.1) is 0 Å². The van der Waals surface area contributed by atoms with Gasteiger partial charge in [-0.2, -0.15) is 0 Å². The molecule has 0 aromatic rings. The van der Waals surface area contributed by atoms with Gasteiger partial charge in [-0.25, -0.2) is 4.79 Å². The van der Waals surface area contributed by atoms with Crippen LogP contribution in [0.3, 0.4) is 0 Å². The first-order valence-corrected chi connectivity index (χ1v) is 0.651. The summed E-state index contributed by atoms with van der Waals surface area (Å²) in [4.78, 5) is 8.56. The number of carboxylic acid groups (broad SMARTS) is 2. The first-order valence-electron chi connectivity index (χ1n) is 0.651. The average Bonchev–Trinajstić information content (AvgIpc) is 0.811. The Morgan fingerprint density at radius 1 is 1.29 bits per heavy atom. The van der Waals surface area contributed by atoms with E-state index in [0.717, 1.165) is 0 Å². The molecule has 3 nitrogen and oxygen atoms in total. The van der Waals surface area contributed by atoms with E-state index in [4.69, 9.17) is 15.0 Å². The molecule has 0 spiro atoms. The molecule has 0 saturated carbocycles. The molecule has 0 aliphatic carbocycles. The molecule has 43 valence electrons. The van der Waals surface area contributed by atoms with E-state index >= 15 is 0 Å². The van der Waals surface area contributed by atoms with Crippen LogP contribution in [0.15, 0.2) is 0 Å². The van der Waals surface area contributed by atoms with Crippen molar-refractivity contribution < 1.29 is 48.9 Å². The summed E-state index contributed by atoms with van der Waals surface area (Å²) in [6.45, 7) is 0. The second-order valence-corrected chi connectivity index (χ2v) is 0.283. The van der Waals surface area contributed by atoms with Gasteiger partial charge >= 0.3 is 25.0 Å². The Balaban J connectivity index is -0.0000000150. The topological polar surface area (TPSA) is 57.5 Å². The molecular weight excluding hydrogens is 182 g/mol. The molecule has 0 bridgehead atoms. The number of rotatable bonds is 0. The fraction of sp³-hybridized carbons (Fsp3) is 0. The van der Waals surface area contributed by atoms with Gasteiger partial charge in [0.05, 0.1) is 0 Å².